The number of aromatic amines is 1. The van der Waals surface area contributed by atoms with Gasteiger partial charge in [0.05, 0.1) is 12.7 Å². The lowest BCUT2D eigenvalue weighted by Gasteiger charge is -2.02. The Labute approximate surface area is 111 Å². The van der Waals surface area contributed by atoms with E-state index in [1.54, 1.807) is 6.20 Å². The first-order chi connectivity index (χ1) is 9.75. The summed E-state index contributed by atoms with van der Waals surface area (Å²) in [5.74, 6) is 0.0723. The number of H-pyrrole nitrogens is 1. The molecule has 0 spiro atoms. The van der Waals surface area contributed by atoms with E-state index in [2.05, 4.69) is 30.5 Å². The van der Waals surface area contributed by atoms with Gasteiger partial charge in [-0.25, -0.2) is 4.98 Å². The number of hydrogen-bond donors (Lipinski definition) is 2. The zero-order chi connectivity index (χ0) is 13.9. The van der Waals surface area contributed by atoms with Gasteiger partial charge in [-0.3, -0.25) is 19.0 Å². The minimum Gasteiger partial charge on any atom is -0.343 e. The molecule has 0 aliphatic heterocycles. The SMILES string of the molecule is O=C(NCc1nnc2c(=O)[nH]ccn12)c1cnccn1. The fourth-order valence-electron chi connectivity index (χ4n) is 1.67. The standard InChI is InChI=1S/C11H9N7O2/c19-10(7-5-12-1-2-13-7)15-6-8-16-17-9-11(20)14-3-4-18(8)9/h1-5H,6H2,(H,14,20)(H,15,19). The lowest BCUT2D eigenvalue weighted by atomic mass is 10.4. The molecular formula is C11H9N7O2. The molecule has 0 aliphatic rings. The van der Waals surface area contributed by atoms with Crippen LogP contribution in [0.4, 0.5) is 0 Å². The van der Waals surface area contributed by atoms with Crippen molar-refractivity contribution in [3.63, 3.8) is 0 Å². The molecular weight excluding hydrogens is 262 g/mol. The first-order valence-electron chi connectivity index (χ1n) is 5.71. The monoisotopic (exact) mass is 271 g/mol. The van der Waals surface area contributed by atoms with Gasteiger partial charge in [0, 0.05) is 24.8 Å². The van der Waals surface area contributed by atoms with E-state index in [1.807, 2.05) is 0 Å². The summed E-state index contributed by atoms with van der Waals surface area (Å²) >= 11 is 0. The Hall–Kier alpha value is -3.10. The van der Waals surface area contributed by atoms with Crippen LogP contribution in [0.25, 0.3) is 5.65 Å². The molecule has 0 aromatic carbocycles. The summed E-state index contributed by atoms with van der Waals surface area (Å²) in [6.45, 7) is 0.125. The third-order valence-corrected chi connectivity index (χ3v) is 2.61. The summed E-state index contributed by atoms with van der Waals surface area (Å²) < 4.78 is 1.51. The Bertz CT molecular complexity index is 808. The Kier molecular flexibility index (Phi) is 2.92. The van der Waals surface area contributed by atoms with E-state index in [0.717, 1.165) is 0 Å². The van der Waals surface area contributed by atoms with E-state index in [4.69, 9.17) is 0 Å². The molecule has 2 N–H and O–H groups in total. The molecule has 0 unspecified atom stereocenters. The van der Waals surface area contributed by atoms with Crippen LogP contribution in [0.1, 0.15) is 16.3 Å². The van der Waals surface area contributed by atoms with Crippen LogP contribution in [-0.4, -0.2) is 35.5 Å². The van der Waals surface area contributed by atoms with Gasteiger partial charge in [0.2, 0.25) is 5.65 Å². The topological polar surface area (TPSA) is 118 Å². The van der Waals surface area contributed by atoms with Crippen molar-refractivity contribution in [1.82, 2.24) is 34.9 Å². The Balaban J connectivity index is 1.80. The molecule has 0 saturated carbocycles. The normalized spacial score (nSPS) is 10.6. The number of carbonyl (C=O) groups excluding carboxylic acids is 1. The number of aromatic nitrogens is 6. The summed E-state index contributed by atoms with van der Waals surface area (Å²) in [5.41, 5.74) is 0.0434. The predicted octanol–water partition coefficient (Wildman–Crippen LogP) is -0.862. The third-order valence-electron chi connectivity index (χ3n) is 2.61. The maximum Gasteiger partial charge on any atom is 0.293 e. The van der Waals surface area contributed by atoms with Crippen molar-refractivity contribution in [3.8, 4) is 0 Å². The van der Waals surface area contributed by atoms with Gasteiger partial charge in [-0.15, -0.1) is 10.2 Å². The van der Waals surface area contributed by atoms with Crippen LogP contribution in [0.5, 0.6) is 0 Å². The molecule has 0 fully saturated rings. The van der Waals surface area contributed by atoms with Gasteiger partial charge in [-0.05, 0) is 0 Å². The molecule has 0 atom stereocenters. The van der Waals surface area contributed by atoms with Crippen LogP contribution in [0, 0.1) is 0 Å². The summed E-state index contributed by atoms with van der Waals surface area (Å²) in [5, 5.41) is 10.3. The molecule has 0 saturated heterocycles. The van der Waals surface area contributed by atoms with E-state index >= 15 is 0 Å². The summed E-state index contributed by atoms with van der Waals surface area (Å²) in [6, 6.07) is 0. The number of rotatable bonds is 3. The molecule has 9 nitrogen and oxygen atoms in total. The van der Waals surface area contributed by atoms with Gasteiger partial charge in [0.15, 0.2) is 5.82 Å². The van der Waals surface area contributed by atoms with Crippen molar-refractivity contribution in [2.24, 2.45) is 0 Å². The Morgan fingerprint density at radius 1 is 1.35 bits per heavy atom. The second-order valence-corrected chi connectivity index (χ2v) is 3.87. The van der Waals surface area contributed by atoms with Crippen LogP contribution in [0.2, 0.25) is 0 Å². The first-order valence-corrected chi connectivity index (χ1v) is 5.71. The molecule has 1 amide bonds. The largest absolute Gasteiger partial charge is 0.343 e. The van der Waals surface area contributed by atoms with Crippen LogP contribution in [0.3, 0.4) is 0 Å². The number of nitrogens with one attached hydrogen (secondary N) is 2. The van der Waals surface area contributed by atoms with Crippen molar-refractivity contribution < 1.29 is 4.79 Å². The first kappa shape index (κ1) is 12.0. The van der Waals surface area contributed by atoms with Gasteiger partial charge in [-0.2, -0.15) is 0 Å². The van der Waals surface area contributed by atoms with Crippen molar-refractivity contribution in [3.05, 3.63) is 52.9 Å². The summed E-state index contributed by atoms with van der Waals surface area (Å²) in [6.07, 6.45) is 7.37. The molecule has 0 radical (unpaired) electrons. The van der Waals surface area contributed by atoms with Crippen LogP contribution in [-0.2, 0) is 6.54 Å². The second-order valence-electron chi connectivity index (χ2n) is 3.87. The van der Waals surface area contributed by atoms with Crippen molar-refractivity contribution >= 4 is 11.6 Å². The van der Waals surface area contributed by atoms with Gasteiger partial charge in [-0.1, -0.05) is 0 Å². The third kappa shape index (κ3) is 2.11. The predicted molar refractivity (Wildman–Crippen MR) is 66.8 cm³/mol. The minimum absolute atomic E-state index is 0.125. The quantitative estimate of drug-likeness (QED) is 0.639. The number of hydrogen-bond acceptors (Lipinski definition) is 6. The molecule has 9 heteroatoms. The van der Waals surface area contributed by atoms with Gasteiger partial charge in [0.25, 0.3) is 11.5 Å². The van der Waals surface area contributed by atoms with E-state index in [1.165, 1.54) is 29.2 Å². The zero-order valence-electron chi connectivity index (χ0n) is 10.1. The van der Waals surface area contributed by atoms with Gasteiger partial charge < -0.3 is 10.3 Å². The molecule has 100 valence electrons. The smallest absolute Gasteiger partial charge is 0.293 e. The highest BCUT2D eigenvalue weighted by Crippen LogP contribution is 1.98. The number of amides is 1. The second kappa shape index (κ2) is 4.88. The molecule has 3 aromatic rings. The molecule has 20 heavy (non-hydrogen) atoms. The Morgan fingerprint density at radius 2 is 2.25 bits per heavy atom. The molecule has 3 heterocycles. The average molecular weight is 271 g/mol. The molecule has 3 aromatic heterocycles. The lowest BCUT2D eigenvalue weighted by Crippen LogP contribution is -2.25. The van der Waals surface area contributed by atoms with E-state index < -0.39 is 0 Å². The van der Waals surface area contributed by atoms with Crippen LogP contribution < -0.4 is 10.9 Å². The number of carbonyl (C=O) groups is 1. The highest BCUT2D eigenvalue weighted by atomic mass is 16.2. The Morgan fingerprint density at radius 3 is 3.05 bits per heavy atom. The van der Waals surface area contributed by atoms with Gasteiger partial charge >= 0.3 is 0 Å². The van der Waals surface area contributed by atoms with Crippen LogP contribution in [0.15, 0.2) is 35.8 Å². The lowest BCUT2D eigenvalue weighted by molar-refractivity contribution is 0.0944. The fourth-order valence-corrected chi connectivity index (χ4v) is 1.67. The van der Waals surface area contributed by atoms with E-state index in [9.17, 15) is 9.59 Å². The highest BCUT2D eigenvalue weighted by molar-refractivity contribution is 5.91. The highest BCUT2D eigenvalue weighted by Gasteiger charge is 2.11. The zero-order valence-corrected chi connectivity index (χ0v) is 10.1. The maximum absolute atomic E-state index is 11.8. The van der Waals surface area contributed by atoms with Gasteiger partial charge in [0.1, 0.15) is 5.69 Å². The van der Waals surface area contributed by atoms with Crippen molar-refractivity contribution in [2.75, 3.05) is 0 Å². The van der Waals surface area contributed by atoms with Crippen molar-refractivity contribution in [1.29, 1.82) is 0 Å². The van der Waals surface area contributed by atoms with Crippen LogP contribution >= 0.6 is 0 Å². The number of nitrogens with zero attached hydrogens (tertiary/aromatic N) is 5. The summed E-state index contributed by atoms with van der Waals surface area (Å²) in [4.78, 5) is 33.5. The van der Waals surface area contributed by atoms with Crippen molar-refractivity contribution in [2.45, 2.75) is 6.54 Å². The molecule has 3 rings (SSSR count). The average Bonchev–Trinajstić information content (AvgIpc) is 2.90. The fraction of sp³-hybridized carbons (Fsp3) is 0.0909. The number of fused-ring (bicyclic) bond motifs is 1. The van der Waals surface area contributed by atoms with E-state index in [0.29, 0.717) is 5.82 Å². The summed E-state index contributed by atoms with van der Waals surface area (Å²) in [7, 11) is 0. The maximum atomic E-state index is 11.8. The molecule has 0 bridgehead atoms. The minimum atomic E-state index is -0.375. The molecule has 0 aliphatic carbocycles. The van der Waals surface area contributed by atoms with E-state index in [-0.39, 0.29) is 29.4 Å².